The molecule has 1 aromatic rings. The van der Waals surface area contributed by atoms with Gasteiger partial charge in [0, 0.05) is 29.6 Å². The van der Waals surface area contributed by atoms with E-state index in [1.54, 1.807) is 0 Å². The topological polar surface area (TPSA) is 47.0 Å². The van der Waals surface area contributed by atoms with Crippen LogP contribution >= 0.6 is 11.6 Å². The van der Waals surface area contributed by atoms with Crippen molar-refractivity contribution in [1.29, 1.82) is 0 Å². The average Bonchev–Trinajstić information content (AvgIpc) is 3.05. The first-order valence-corrected chi connectivity index (χ1v) is 6.89. The predicted molar refractivity (Wildman–Crippen MR) is 73.4 cm³/mol. The van der Waals surface area contributed by atoms with Crippen molar-refractivity contribution in [3.05, 3.63) is 11.8 Å². The van der Waals surface area contributed by atoms with Crippen molar-refractivity contribution in [2.75, 3.05) is 17.7 Å². The smallest absolute Gasteiger partial charge is 0.226 e. The van der Waals surface area contributed by atoms with Crippen molar-refractivity contribution in [2.45, 2.75) is 39.7 Å². The summed E-state index contributed by atoms with van der Waals surface area (Å²) in [5.74, 6) is 1.94. The summed E-state index contributed by atoms with van der Waals surface area (Å²) in [5.41, 5.74) is 1.16. The molecule has 0 saturated heterocycles. The first-order valence-electron chi connectivity index (χ1n) is 6.35. The lowest BCUT2D eigenvalue weighted by Crippen LogP contribution is -2.19. The summed E-state index contributed by atoms with van der Waals surface area (Å²) in [7, 11) is 0. The number of rotatable bonds is 6. The maximum absolute atomic E-state index is 5.95. The minimum Gasteiger partial charge on any atom is -0.475 e. The third kappa shape index (κ3) is 3.48. The Kier molecular flexibility index (Phi) is 3.95. The molecule has 5 heteroatoms. The van der Waals surface area contributed by atoms with Gasteiger partial charge in [-0.3, -0.25) is 0 Å². The molecule has 0 unspecified atom stereocenters. The fourth-order valence-corrected chi connectivity index (χ4v) is 2.08. The molecule has 1 heterocycles. The molecule has 1 N–H and O–H groups in total. The van der Waals surface area contributed by atoms with Crippen molar-refractivity contribution in [1.82, 2.24) is 9.97 Å². The molecule has 100 valence electrons. The van der Waals surface area contributed by atoms with E-state index in [0.717, 1.165) is 12.2 Å². The number of nitrogens with zero attached hydrogens (tertiary/aromatic N) is 2. The highest BCUT2D eigenvalue weighted by Gasteiger charge is 2.41. The van der Waals surface area contributed by atoms with Crippen LogP contribution in [0.15, 0.2) is 6.07 Å². The number of ether oxygens (including phenoxy) is 1. The SMILES string of the molecule is Cc1cc(OC(C)C)nc(NCC2(CCl)CC2)n1. The molecule has 0 radical (unpaired) electrons. The van der Waals surface area contributed by atoms with Crippen LogP contribution in [-0.2, 0) is 0 Å². The van der Waals surface area contributed by atoms with Gasteiger partial charge in [-0.15, -0.1) is 11.6 Å². The number of nitrogens with one attached hydrogen (secondary N) is 1. The van der Waals surface area contributed by atoms with Gasteiger partial charge < -0.3 is 10.1 Å². The van der Waals surface area contributed by atoms with Crippen LogP contribution in [0.4, 0.5) is 5.95 Å². The molecule has 0 bridgehead atoms. The number of hydrogen-bond donors (Lipinski definition) is 1. The number of aromatic nitrogens is 2. The molecule has 4 nitrogen and oxygen atoms in total. The van der Waals surface area contributed by atoms with Gasteiger partial charge in [-0.05, 0) is 33.6 Å². The fraction of sp³-hybridized carbons (Fsp3) is 0.692. The molecule has 1 aliphatic rings. The first-order chi connectivity index (χ1) is 8.53. The van der Waals surface area contributed by atoms with Crippen molar-refractivity contribution in [3.63, 3.8) is 0 Å². The second-order valence-corrected chi connectivity index (χ2v) is 5.59. The molecule has 0 aliphatic heterocycles. The van der Waals surface area contributed by atoms with E-state index in [-0.39, 0.29) is 11.5 Å². The highest BCUT2D eigenvalue weighted by molar-refractivity contribution is 6.18. The summed E-state index contributed by atoms with van der Waals surface area (Å²) in [6.07, 6.45) is 2.49. The van der Waals surface area contributed by atoms with Gasteiger partial charge >= 0.3 is 0 Å². The third-order valence-corrected chi connectivity index (χ3v) is 3.62. The maximum Gasteiger partial charge on any atom is 0.226 e. The molecule has 2 rings (SSSR count). The molecule has 1 aromatic heterocycles. The number of aryl methyl sites for hydroxylation is 1. The Morgan fingerprint density at radius 1 is 1.44 bits per heavy atom. The Labute approximate surface area is 113 Å². The zero-order valence-corrected chi connectivity index (χ0v) is 11.9. The lowest BCUT2D eigenvalue weighted by atomic mass is 10.1. The second-order valence-electron chi connectivity index (χ2n) is 5.32. The van der Waals surface area contributed by atoms with Crippen molar-refractivity contribution in [2.24, 2.45) is 5.41 Å². The van der Waals surface area contributed by atoms with Crippen molar-refractivity contribution < 1.29 is 4.74 Å². The summed E-state index contributed by atoms with van der Waals surface area (Å²) < 4.78 is 5.59. The van der Waals surface area contributed by atoms with Gasteiger partial charge in [-0.2, -0.15) is 4.98 Å². The Morgan fingerprint density at radius 2 is 2.17 bits per heavy atom. The van der Waals surface area contributed by atoms with Gasteiger partial charge in [0.25, 0.3) is 0 Å². The molecule has 1 fully saturated rings. The number of anilines is 1. The molecule has 0 amide bonds. The van der Waals surface area contributed by atoms with Crippen molar-refractivity contribution in [3.8, 4) is 5.88 Å². The van der Waals surface area contributed by atoms with Crippen LogP contribution in [0.3, 0.4) is 0 Å². The van der Waals surface area contributed by atoms with E-state index < -0.39 is 0 Å². The van der Waals surface area contributed by atoms with Gasteiger partial charge in [0.15, 0.2) is 0 Å². The summed E-state index contributed by atoms with van der Waals surface area (Å²) >= 11 is 5.95. The molecule has 1 aliphatic carbocycles. The quantitative estimate of drug-likeness (QED) is 0.807. The number of alkyl halides is 1. The maximum atomic E-state index is 5.95. The van der Waals surface area contributed by atoms with E-state index in [2.05, 4.69) is 15.3 Å². The molecular formula is C13H20ClN3O. The standard InChI is InChI=1S/C13H20ClN3O/c1-9(2)18-11-6-10(3)16-12(17-11)15-8-13(7-14)4-5-13/h6,9H,4-5,7-8H2,1-3H3,(H,15,16,17). The van der Waals surface area contributed by atoms with E-state index in [1.807, 2.05) is 26.8 Å². The molecular weight excluding hydrogens is 250 g/mol. The molecule has 0 atom stereocenters. The van der Waals surface area contributed by atoms with Crippen LogP contribution in [-0.4, -0.2) is 28.5 Å². The van der Waals surface area contributed by atoms with Gasteiger partial charge in [0.2, 0.25) is 11.8 Å². The number of halogens is 1. The Balaban J connectivity index is 2.01. The van der Waals surface area contributed by atoms with Crippen LogP contribution in [0.5, 0.6) is 5.88 Å². The summed E-state index contributed by atoms with van der Waals surface area (Å²) in [4.78, 5) is 8.71. The first kappa shape index (κ1) is 13.4. The largest absolute Gasteiger partial charge is 0.475 e. The second kappa shape index (κ2) is 5.31. The summed E-state index contributed by atoms with van der Waals surface area (Å²) in [6.45, 7) is 6.74. The molecule has 0 spiro atoms. The summed E-state index contributed by atoms with van der Waals surface area (Å²) in [5, 5.41) is 3.27. The Morgan fingerprint density at radius 3 is 2.72 bits per heavy atom. The highest BCUT2D eigenvalue weighted by atomic mass is 35.5. The van der Waals surface area contributed by atoms with E-state index in [0.29, 0.717) is 17.7 Å². The predicted octanol–water partition coefficient (Wildman–Crippen LogP) is 3.00. The highest BCUT2D eigenvalue weighted by Crippen LogP contribution is 2.46. The summed E-state index contributed by atoms with van der Waals surface area (Å²) in [6, 6.07) is 1.85. The fourth-order valence-electron chi connectivity index (χ4n) is 1.72. The Hall–Kier alpha value is -1.03. The average molecular weight is 270 g/mol. The molecule has 18 heavy (non-hydrogen) atoms. The molecule has 0 aromatic carbocycles. The van der Waals surface area contributed by atoms with Gasteiger partial charge in [0.05, 0.1) is 6.10 Å². The van der Waals surface area contributed by atoms with Crippen LogP contribution in [0, 0.1) is 12.3 Å². The monoisotopic (exact) mass is 269 g/mol. The van der Waals surface area contributed by atoms with Crippen LogP contribution < -0.4 is 10.1 Å². The van der Waals surface area contributed by atoms with Crippen LogP contribution in [0.2, 0.25) is 0 Å². The van der Waals surface area contributed by atoms with Gasteiger partial charge in [-0.25, -0.2) is 4.98 Å². The van der Waals surface area contributed by atoms with Gasteiger partial charge in [-0.1, -0.05) is 0 Å². The minimum atomic E-state index is 0.116. The van der Waals surface area contributed by atoms with Crippen LogP contribution in [0.25, 0.3) is 0 Å². The van der Waals surface area contributed by atoms with Gasteiger partial charge in [0.1, 0.15) is 0 Å². The van der Waals surface area contributed by atoms with E-state index in [9.17, 15) is 0 Å². The minimum absolute atomic E-state index is 0.116. The Bertz CT molecular complexity index is 419. The van der Waals surface area contributed by atoms with E-state index in [4.69, 9.17) is 16.3 Å². The molecule has 1 saturated carbocycles. The normalized spacial score (nSPS) is 16.7. The zero-order valence-electron chi connectivity index (χ0n) is 11.2. The van der Waals surface area contributed by atoms with E-state index >= 15 is 0 Å². The number of hydrogen-bond acceptors (Lipinski definition) is 4. The lowest BCUT2D eigenvalue weighted by Gasteiger charge is -2.14. The van der Waals surface area contributed by atoms with E-state index in [1.165, 1.54) is 12.8 Å². The third-order valence-electron chi connectivity index (χ3n) is 3.05. The van der Waals surface area contributed by atoms with Crippen molar-refractivity contribution >= 4 is 17.5 Å². The zero-order chi connectivity index (χ0) is 13.2. The van der Waals surface area contributed by atoms with Crippen LogP contribution in [0.1, 0.15) is 32.4 Å². The lowest BCUT2D eigenvalue weighted by molar-refractivity contribution is 0.232.